The maximum atomic E-state index is 14.4. The molecule has 5 aliphatic rings. The van der Waals surface area contributed by atoms with Gasteiger partial charge in [-0.05, 0) is 120 Å². The van der Waals surface area contributed by atoms with E-state index in [1.807, 2.05) is 72.5 Å². The Morgan fingerprint density at radius 1 is 0.683 bits per heavy atom. The quantitative estimate of drug-likeness (QED) is 0.0379. The predicted octanol–water partition coefficient (Wildman–Crippen LogP) is 8.06. The Bertz CT molecular complexity index is 3300. The maximum Gasteiger partial charge on any atom is 0.342 e. The lowest BCUT2D eigenvalue weighted by atomic mass is 9.98. The molecular formula is C62H65N5O14S. The molecule has 5 aromatic carbocycles. The second-order valence-corrected chi connectivity index (χ2v) is 21.7. The molecule has 1 fully saturated rings. The van der Waals surface area contributed by atoms with Crippen LogP contribution in [-0.4, -0.2) is 130 Å². The molecular weight excluding hydrogens is 1070 g/mol. The molecule has 0 aromatic heterocycles. The van der Waals surface area contributed by atoms with E-state index in [1.54, 1.807) is 42.5 Å². The van der Waals surface area contributed by atoms with E-state index in [0.717, 1.165) is 40.9 Å². The lowest BCUT2D eigenvalue weighted by Crippen LogP contribution is -2.37. The zero-order valence-electron chi connectivity index (χ0n) is 46.2. The van der Waals surface area contributed by atoms with E-state index in [1.165, 1.54) is 29.3 Å². The topological polar surface area (TPSA) is 209 Å². The van der Waals surface area contributed by atoms with Crippen molar-refractivity contribution in [3.8, 4) is 17.2 Å². The van der Waals surface area contributed by atoms with Crippen LogP contribution in [0.4, 0.5) is 22.7 Å². The summed E-state index contributed by atoms with van der Waals surface area (Å²) in [6.07, 6.45) is 5.05. The fourth-order valence-electron chi connectivity index (χ4n) is 10.9. The Balaban J connectivity index is 0.900. The minimum absolute atomic E-state index is 0.0130. The number of carbonyl (C=O) groups is 7. The van der Waals surface area contributed by atoms with E-state index in [4.69, 9.17) is 38.3 Å². The summed E-state index contributed by atoms with van der Waals surface area (Å²) in [5.41, 5.74) is 8.81. The zero-order chi connectivity index (χ0) is 57.3. The van der Waals surface area contributed by atoms with Gasteiger partial charge >= 0.3 is 5.97 Å². The summed E-state index contributed by atoms with van der Waals surface area (Å²) in [7, 11) is 3.08. The predicted molar refractivity (Wildman–Crippen MR) is 306 cm³/mol. The number of thioether (sulfide) groups is 1. The van der Waals surface area contributed by atoms with Crippen molar-refractivity contribution in [3.05, 3.63) is 136 Å². The van der Waals surface area contributed by atoms with Crippen LogP contribution in [0.3, 0.4) is 0 Å². The first-order chi connectivity index (χ1) is 39.9. The van der Waals surface area contributed by atoms with Crippen LogP contribution in [0.15, 0.2) is 96.0 Å². The lowest BCUT2D eigenvalue weighted by molar-refractivity contribution is -0.195. The Morgan fingerprint density at radius 3 is 2.09 bits per heavy atom. The number of Topliss-reactive ketones (excluding diaryl/α,β-unsaturated/α-hetero) is 1. The smallest absolute Gasteiger partial charge is 0.342 e. The van der Waals surface area contributed by atoms with Gasteiger partial charge in [-0.3, -0.25) is 38.7 Å². The van der Waals surface area contributed by atoms with Gasteiger partial charge in [-0.25, -0.2) is 4.79 Å². The number of para-hydroxylation sites is 2. The number of hydrogen-bond acceptors (Lipinski definition) is 16. The molecule has 82 heavy (non-hydrogen) atoms. The summed E-state index contributed by atoms with van der Waals surface area (Å²) < 4.78 is 35.4. The second kappa shape index (κ2) is 26.3. The average Bonchev–Trinajstić information content (AvgIpc) is 4.29. The van der Waals surface area contributed by atoms with Crippen LogP contribution in [0, 0.1) is 6.92 Å². The number of hydrogen-bond donors (Lipinski definition) is 0. The van der Waals surface area contributed by atoms with Crippen molar-refractivity contribution in [2.75, 3.05) is 80.0 Å². The Labute approximate surface area is 479 Å². The highest BCUT2D eigenvalue weighted by Gasteiger charge is 2.39. The SMILES string of the molecule is COCCOCCOCCC(=O)N(CC(=O)CCCSCC(=O)ON1C(=O)CCC1=O)c1cc(COc2cc3c(cc2C)C(=O)N2c4ccccc4C[C@H]2CC3)cc(COc2cc3c(cc2OC)C(=O)N2c4ccccc4C[C@H]2C=N3)c1. The molecule has 0 unspecified atom stereocenters. The van der Waals surface area contributed by atoms with Crippen LogP contribution in [0.25, 0.3) is 0 Å². The van der Waals surface area contributed by atoms with Gasteiger partial charge in [0.2, 0.25) is 5.91 Å². The number of carbonyl (C=O) groups excluding carboxylic acids is 7. The fraction of sp³-hybridized carbons (Fsp3) is 0.387. The van der Waals surface area contributed by atoms with E-state index < -0.39 is 17.8 Å². The molecule has 0 saturated carbocycles. The summed E-state index contributed by atoms with van der Waals surface area (Å²) in [4.78, 5) is 108. The van der Waals surface area contributed by atoms with Crippen LogP contribution in [-0.2, 0) is 75.5 Å². The Hall–Kier alpha value is -7.91. The van der Waals surface area contributed by atoms with Gasteiger partial charge in [-0.2, -0.15) is 11.8 Å². The molecule has 0 bridgehead atoms. The molecule has 5 aromatic rings. The third-order valence-electron chi connectivity index (χ3n) is 15.0. The first-order valence-corrected chi connectivity index (χ1v) is 28.7. The fourth-order valence-corrected chi connectivity index (χ4v) is 11.6. The van der Waals surface area contributed by atoms with Gasteiger partial charge < -0.3 is 43.1 Å². The standard InChI is InChI=1S/C62H65N5O14S/c1-39-25-49-42(14-15-45-29-43-9-4-6-12-52(43)65(45)61(49)73)31-54(39)79-36-40-26-41(37-80-56-33-51-50(32-55(56)76-3)62(74)66-47(34-63-51)30-44-10-5-7-13-53(44)66)28-46(27-40)64(57(69)18-19-77-22-23-78-21-20-75-2)35-48(68)11-8-24-82-38-60(72)81-67-58(70)16-17-59(67)71/h4-7,9-10,12-13,25-28,31-34,45,47H,8,11,14-24,29-30,35-38H2,1-3H3/t45-,47+/m1/s1. The van der Waals surface area contributed by atoms with Crippen molar-refractivity contribution in [1.82, 2.24) is 5.06 Å². The number of hydroxylamine groups is 2. The molecule has 0 aliphatic carbocycles. The number of aryl methyl sites for hydroxylation is 2. The van der Waals surface area contributed by atoms with Gasteiger partial charge in [0, 0.05) is 73.7 Å². The Morgan fingerprint density at radius 2 is 1.35 bits per heavy atom. The van der Waals surface area contributed by atoms with E-state index in [0.29, 0.717) is 101 Å². The van der Waals surface area contributed by atoms with Crippen molar-refractivity contribution in [3.63, 3.8) is 0 Å². The third kappa shape index (κ3) is 13.0. The molecule has 0 N–H and O–H groups in total. The molecule has 10 rings (SSSR count). The van der Waals surface area contributed by atoms with Crippen molar-refractivity contribution < 1.29 is 66.8 Å². The second-order valence-electron chi connectivity index (χ2n) is 20.6. The van der Waals surface area contributed by atoms with Crippen molar-refractivity contribution in [2.45, 2.75) is 90.0 Å². The number of ether oxygens (including phenoxy) is 6. The highest BCUT2D eigenvalue weighted by Crippen LogP contribution is 2.42. The van der Waals surface area contributed by atoms with E-state index in [-0.39, 0.29) is 100.0 Å². The third-order valence-corrected chi connectivity index (χ3v) is 16.0. The highest BCUT2D eigenvalue weighted by atomic mass is 32.2. The van der Waals surface area contributed by atoms with Gasteiger partial charge in [-0.15, -0.1) is 5.06 Å². The van der Waals surface area contributed by atoms with Crippen LogP contribution < -0.4 is 28.9 Å². The van der Waals surface area contributed by atoms with Crippen LogP contribution >= 0.6 is 11.8 Å². The molecule has 20 heteroatoms. The largest absolute Gasteiger partial charge is 0.493 e. The number of ketones is 1. The number of fused-ring (bicyclic) bond motifs is 8. The van der Waals surface area contributed by atoms with Gasteiger partial charge in [0.15, 0.2) is 17.3 Å². The minimum Gasteiger partial charge on any atom is -0.493 e. The van der Waals surface area contributed by atoms with Gasteiger partial charge in [0.25, 0.3) is 23.6 Å². The molecule has 2 atom stereocenters. The number of rotatable bonds is 26. The van der Waals surface area contributed by atoms with Crippen LogP contribution in [0.2, 0.25) is 0 Å². The molecule has 1 saturated heterocycles. The molecule has 428 valence electrons. The van der Waals surface area contributed by atoms with E-state index in [2.05, 4.69) is 6.07 Å². The van der Waals surface area contributed by atoms with E-state index in [9.17, 15) is 33.6 Å². The normalized spacial score (nSPS) is 16.6. The molecule has 5 heterocycles. The number of nitrogens with zero attached hydrogens (tertiary/aromatic N) is 5. The van der Waals surface area contributed by atoms with E-state index >= 15 is 0 Å². The van der Waals surface area contributed by atoms with Crippen LogP contribution in [0.1, 0.15) is 92.6 Å². The van der Waals surface area contributed by atoms with Crippen molar-refractivity contribution >= 4 is 82.0 Å². The van der Waals surface area contributed by atoms with Gasteiger partial charge in [0.05, 0.1) is 76.2 Å². The molecule has 0 radical (unpaired) electrons. The number of imide groups is 1. The van der Waals surface area contributed by atoms with Gasteiger partial charge in [0.1, 0.15) is 19.0 Å². The number of benzene rings is 5. The number of aliphatic imine (C=N–C) groups is 1. The first-order valence-electron chi connectivity index (χ1n) is 27.6. The monoisotopic (exact) mass is 1140 g/mol. The number of methoxy groups -OCH3 is 2. The van der Waals surface area contributed by atoms with Crippen LogP contribution in [0.5, 0.6) is 17.2 Å². The molecule has 5 amide bonds. The summed E-state index contributed by atoms with van der Waals surface area (Å²) in [5, 5.41) is 0.505. The van der Waals surface area contributed by atoms with Gasteiger partial charge in [-0.1, -0.05) is 36.4 Å². The molecule has 5 aliphatic heterocycles. The highest BCUT2D eigenvalue weighted by molar-refractivity contribution is 7.99. The summed E-state index contributed by atoms with van der Waals surface area (Å²) in [5.74, 6) is -1.27. The molecule has 0 spiro atoms. The Kier molecular flexibility index (Phi) is 18.4. The number of amides is 5. The lowest BCUT2D eigenvalue weighted by Gasteiger charge is -2.24. The van der Waals surface area contributed by atoms with Crippen molar-refractivity contribution in [2.24, 2.45) is 4.99 Å². The summed E-state index contributed by atoms with van der Waals surface area (Å²) in [6, 6.07) is 28.4. The minimum atomic E-state index is -0.751. The molecule has 19 nitrogen and oxygen atoms in total. The average molecular weight is 1140 g/mol. The summed E-state index contributed by atoms with van der Waals surface area (Å²) >= 11 is 1.19. The first kappa shape index (κ1) is 57.3. The number of anilines is 3. The van der Waals surface area contributed by atoms with Crippen molar-refractivity contribution in [1.29, 1.82) is 0 Å². The zero-order valence-corrected chi connectivity index (χ0v) is 47.0. The maximum absolute atomic E-state index is 14.4. The summed E-state index contributed by atoms with van der Waals surface area (Å²) in [6.45, 7) is 3.04.